The fourth-order valence-corrected chi connectivity index (χ4v) is 1.74. The number of hydrogen-bond acceptors (Lipinski definition) is 0. The highest BCUT2D eigenvalue weighted by molar-refractivity contribution is 5.64. The Hall–Kier alpha value is -1.50. The van der Waals surface area contributed by atoms with E-state index in [9.17, 15) is 0 Å². The molecule has 1 aromatic rings. The lowest BCUT2D eigenvalue weighted by molar-refractivity contribution is 0.352. The fourth-order valence-electron chi connectivity index (χ4n) is 1.74. The van der Waals surface area contributed by atoms with E-state index in [2.05, 4.69) is 45.0 Å². The number of H-pyrrole nitrogens is 1. The van der Waals surface area contributed by atoms with E-state index in [-0.39, 0.29) is 0 Å². The van der Waals surface area contributed by atoms with Crippen molar-refractivity contribution in [1.82, 2.24) is 4.98 Å². The van der Waals surface area contributed by atoms with Crippen LogP contribution in [0.4, 0.5) is 0 Å². The molecule has 0 fully saturated rings. The smallest absolute Gasteiger partial charge is 0.0456 e. The number of allylic oxidation sites excluding steroid dienone is 2. The normalized spacial score (nSPS) is 12.5. The van der Waals surface area contributed by atoms with Crippen LogP contribution in [-0.2, 0) is 0 Å². The third kappa shape index (κ3) is 3.77. The second-order valence-electron chi connectivity index (χ2n) is 5.17. The van der Waals surface area contributed by atoms with Crippen molar-refractivity contribution in [3.63, 3.8) is 0 Å². The summed E-state index contributed by atoms with van der Waals surface area (Å²) in [5, 5.41) is 0. The number of aromatic nitrogens is 1. The SMILES string of the molecule is C=C/C(=C\c1[nH]ccc1C=C)CC(C)(C)CC. The van der Waals surface area contributed by atoms with Crippen LogP contribution in [0.2, 0.25) is 0 Å². The quantitative estimate of drug-likeness (QED) is 0.657. The van der Waals surface area contributed by atoms with Crippen LogP contribution in [0.25, 0.3) is 12.2 Å². The van der Waals surface area contributed by atoms with E-state index in [1.165, 1.54) is 5.57 Å². The maximum absolute atomic E-state index is 3.91. The summed E-state index contributed by atoms with van der Waals surface area (Å²) in [5.41, 5.74) is 3.84. The van der Waals surface area contributed by atoms with E-state index in [1.807, 2.05) is 24.4 Å². The molecule has 1 nitrogen and oxygen atoms in total. The minimum absolute atomic E-state index is 0.320. The minimum atomic E-state index is 0.320. The van der Waals surface area contributed by atoms with Crippen molar-refractivity contribution >= 4 is 12.2 Å². The van der Waals surface area contributed by atoms with E-state index in [0.29, 0.717) is 5.41 Å². The Balaban J connectivity index is 2.95. The Bertz CT molecular complexity index is 418. The molecule has 1 rings (SSSR count). The van der Waals surface area contributed by atoms with Gasteiger partial charge in [-0.2, -0.15) is 0 Å². The van der Waals surface area contributed by atoms with Crippen molar-refractivity contribution in [3.8, 4) is 0 Å². The molecule has 0 aromatic carbocycles. The average molecular weight is 229 g/mol. The molecule has 0 aliphatic carbocycles. The van der Waals surface area contributed by atoms with Gasteiger partial charge in [-0.1, -0.05) is 52.5 Å². The van der Waals surface area contributed by atoms with E-state index in [1.54, 1.807) is 0 Å². The number of aromatic amines is 1. The second kappa shape index (κ2) is 5.72. The first-order chi connectivity index (χ1) is 8.02. The molecule has 0 atom stereocenters. The van der Waals surface area contributed by atoms with Crippen molar-refractivity contribution in [2.75, 3.05) is 0 Å². The highest BCUT2D eigenvalue weighted by Gasteiger charge is 2.16. The van der Waals surface area contributed by atoms with Crippen molar-refractivity contribution in [2.45, 2.75) is 33.6 Å². The molecule has 1 heteroatoms. The van der Waals surface area contributed by atoms with Gasteiger partial charge in [-0.25, -0.2) is 0 Å². The minimum Gasteiger partial charge on any atom is -0.361 e. The Morgan fingerprint density at radius 2 is 2.12 bits per heavy atom. The summed E-state index contributed by atoms with van der Waals surface area (Å²) >= 11 is 0. The second-order valence-corrected chi connectivity index (χ2v) is 5.17. The summed E-state index contributed by atoms with van der Waals surface area (Å²) in [6, 6.07) is 2.03. The summed E-state index contributed by atoms with van der Waals surface area (Å²) in [5.74, 6) is 0. The molecule has 0 amide bonds. The van der Waals surface area contributed by atoms with Gasteiger partial charge in [-0.15, -0.1) is 0 Å². The monoisotopic (exact) mass is 229 g/mol. The van der Waals surface area contributed by atoms with Crippen LogP contribution >= 0.6 is 0 Å². The molecule has 0 saturated heterocycles. The Morgan fingerprint density at radius 3 is 2.65 bits per heavy atom. The van der Waals surface area contributed by atoms with Crippen LogP contribution in [0.15, 0.2) is 37.1 Å². The van der Waals surface area contributed by atoms with Crippen molar-refractivity contribution in [1.29, 1.82) is 0 Å². The molecule has 0 bridgehead atoms. The van der Waals surface area contributed by atoms with Gasteiger partial charge in [0, 0.05) is 11.9 Å². The Labute approximate surface area is 105 Å². The summed E-state index contributed by atoms with van der Waals surface area (Å²) < 4.78 is 0. The molecular weight excluding hydrogens is 206 g/mol. The molecular formula is C16H23N. The number of nitrogens with one attached hydrogen (secondary N) is 1. The molecule has 17 heavy (non-hydrogen) atoms. The first kappa shape index (κ1) is 13.6. The first-order valence-corrected chi connectivity index (χ1v) is 6.15. The average Bonchev–Trinajstić information content (AvgIpc) is 2.75. The molecule has 0 aliphatic heterocycles. The maximum atomic E-state index is 3.91. The summed E-state index contributed by atoms with van der Waals surface area (Å²) in [7, 11) is 0. The lowest BCUT2D eigenvalue weighted by atomic mass is 9.83. The largest absolute Gasteiger partial charge is 0.361 e. The van der Waals surface area contributed by atoms with Crippen LogP contribution < -0.4 is 0 Å². The van der Waals surface area contributed by atoms with E-state index in [4.69, 9.17) is 0 Å². The van der Waals surface area contributed by atoms with Gasteiger partial charge in [-0.3, -0.25) is 0 Å². The zero-order chi connectivity index (χ0) is 12.9. The van der Waals surface area contributed by atoms with Gasteiger partial charge in [0.1, 0.15) is 0 Å². The number of hydrogen-bond donors (Lipinski definition) is 1. The van der Waals surface area contributed by atoms with Gasteiger partial charge >= 0.3 is 0 Å². The topological polar surface area (TPSA) is 15.8 Å². The molecule has 0 saturated carbocycles. The Morgan fingerprint density at radius 1 is 1.41 bits per heavy atom. The van der Waals surface area contributed by atoms with Crippen molar-refractivity contribution < 1.29 is 0 Å². The molecule has 0 spiro atoms. The van der Waals surface area contributed by atoms with Crippen LogP contribution in [0.5, 0.6) is 0 Å². The summed E-state index contributed by atoms with van der Waals surface area (Å²) in [6.45, 7) is 14.5. The zero-order valence-corrected chi connectivity index (χ0v) is 11.2. The predicted octanol–water partition coefficient (Wildman–Crippen LogP) is 5.05. The van der Waals surface area contributed by atoms with Gasteiger partial charge < -0.3 is 4.98 Å². The van der Waals surface area contributed by atoms with Crippen LogP contribution in [-0.4, -0.2) is 4.98 Å². The highest BCUT2D eigenvalue weighted by Crippen LogP contribution is 2.30. The van der Waals surface area contributed by atoms with Gasteiger partial charge in [0.05, 0.1) is 0 Å². The van der Waals surface area contributed by atoms with Gasteiger partial charge in [0.25, 0.3) is 0 Å². The third-order valence-electron chi connectivity index (χ3n) is 3.26. The predicted molar refractivity (Wildman–Crippen MR) is 77.7 cm³/mol. The van der Waals surface area contributed by atoms with Gasteiger partial charge in [-0.05, 0) is 35.1 Å². The van der Waals surface area contributed by atoms with Crippen LogP contribution in [0, 0.1) is 5.41 Å². The molecule has 1 aromatic heterocycles. The van der Waals surface area contributed by atoms with Gasteiger partial charge in [0.15, 0.2) is 0 Å². The first-order valence-electron chi connectivity index (χ1n) is 6.15. The molecule has 92 valence electrons. The number of rotatable bonds is 6. The summed E-state index contributed by atoms with van der Waals surface area (Å²) in [4.78, 5) is 3.23. The van der Waals surface area contributed by atoms with Gasteiger partial charge in [0.2, 0.25) is 0 Å². The zero-order valence-electron chi connectivity index (χ0n) is 11.2. The van der Waals surface area contributed by atoms with Crippen molar-refractivity contribution in [3.05, 3.63) is 48.3 Å². The molecule has 0 radical (unpaired) electrons. The maximum Gasteiger partial charge on any atom is 0.0456 e. The molecule has 0 aliphatic rings. The van der Waals surface area contributed by atoms with Crippen molar-refractivity contribution in [2.24, 2.45) is 5.41 Å². The lowest BCUT2D eigenvalue weighted by Crippen LogP contribution is -2.09. The van der Waals surface area contributed by atoms with Crippen LogP contribution in [0.3, 0.4) is 0 Å². The Kier molecular flexibility index (Phi) is 4.56. The van der Waals surface area contributed by atoms with Crippen LogP contribution in [0.1, 0.15) is 44.9 Å². The lowest BCUT2D eigenvalue weighted by Gasteiger charge is -2.23. The van der Waals surface area contributed by atoms with E-state index >= 15 is 0 Å². The van der Waals surface area contributed by atoms with E-state index < -0.39 is 0 Å². The third-order valence-corrected chi connectivity index (χ3v) is 3.26. The standard InChI is InChI=1S/C16H23N/c1-6-13(12-16(4,5)8-3)11-15-14(7-2)9-10-17-15/h6-7,9-11,17H,1-2,8,12H2,3-5H3/b13-11+. The molecule has 1 heterocycles. The molecule has 1 N–H and O–H groups in total. The summed E-state index contributed by atoms with van der Waals surface area (Å²) in [6.07, 6.45) is 10.1. The fraction of sp³-hybridized carbons (Fsp3) is 0.375. The van der Waals surface area contributed by atoms with E-state index in [0.717, 1.165) is 24.1 Å². The molecule has 0 unspecified atom stereocenters. The highest BCUT2D eigenvalue weighted by atomic mass is 14.7.